The summed E-state index contributed by atoms with van der Waals surface area (Å²) in [5, 5.41) is 0. The first-order chi connectivity index (χ1) is 12.5. The Balaban J connectivity index is 1.45. The van der Waals surface area contributed by atoms with Crippen LogP contribution >= 0.6 is 0 Å². The smallest absolute Gasteiger partial charge is 0.251 e. The summed E-state index contributed by atoms with van der Waals surface area (Å²) in [5.74, 6) is -2.11. The minimum absolute atomic E-state index is 0.0589. The van der Waals surface area contributed by atoms with Gasteiger partial charge in [0.1, 0.15) is 6.04 Å². The Morgan fingerprint density at radius 2 is 2.00 bits per heavy atom. The van der Waals surface area contributed by atoms with E-state index in [-0.39, 0.29) is 37.9 Å². The van der Waals surface area contributed by atoms with Gasteiger partial charge in [0.15, 0.2) is 0 Å². The molecule has 0 aromatic carbocycles. The zero-order valence-corrected chi connectivity index (χ0v) is 14.9. The minimum Gasteiger partial charge on any atom is -0.381 e. The summed E-state index contributed by atoms with van der Waals surface area (Å²) >= 11 is 0. The highest BCUT2D eigenvalue weighted by molar-refractivity contribution is 5.81. The van der Waals surface area contributed by atoms with Crippen LogP contribution in [0.15, 0.2) is 12.5 Å². The second-order valence-corrected chi connectivity index (χ2v) is 7.74. The molecule has 8 heteroatoms. The Bertz CT molecular complexity index is 635. The van der Waals surface area contributed by atoms with Gasteiger partial charge in [-0.1, -0.05) is 0 Å². The maximum Gasteiger partial charge on any atom is 0.251 e. The number of imidazole rings is 1. The van der Waals surface area contributed by atoms with Crippen molar-refractivity contribution in [2.45, 2.75) is 44.2 Å². The van der Waals surface area contributed by atoms with Crippen LogP contribution in [0.25, 0.3) is 0 Å². The summed E-state index contributed by atoms with van der Waals surface area (Å²) < 4.78 is 34.2. The quantitative estimate of drug-likeness (QED) is 0.818. The second kappa shape index (κ2) is 7.23. The normalized spacial score (nSPS) is 27.3. The van der Waals surface area contributed by atoms with Crippen molar-refractivity contribution in [1.29, 1.82) is 0 Å². The molecule has 3 aliphatic rings. The monoisotopic (exact) mass is 368 g/mol. The Labute approximate surface area is 152 Å². The number of carbonyl (C=O) groups excluding carboxylic acids is 1. The third-order valence-corrected chi connectivity index (χ3v) is 5.85. The number of rotatable bonds is 3. The summed E-state index contributed by atoms with van der Waals surface area (Å²) in [4.78, 5) is 21.2. The maximum atomic E-state index is 13.4. The number of piperidine rings is 1. The standard InChI is InChI=1S/C18H26F2N4O2/c19-18(20)3-5-23(6-4-18)17(25)16-12-22(10-14-1-7-26-8-2-14)11-15-9-21-13-24(15)16/h9,13-14,16H,1-8,10-12H2. The molecule has 144 valence electrons. The van der Waals surface area contributed by atoms with E-state index in [0.29, 0.717) is 12.5 Å². The van der Waals surface area contributed by atoms with E-state index in [4.69, 9.17) is 4.74 Å². The first-order valence-electron chi connectivity index (χ1n) is 9.49. The largest absolute Gasteiger partial charge is 0.381 e. The molecule has 6 nitrogen and oxygen atoms in total. The van der Waals surface area contributed by atoms with E-state index >= 15 is 0 Å². The zero-order valence-electron chi connectivity index (χ0n) is 14.9. The zero-order chi connectivity index (χ0) is 18.1. The number of fused-ring (bicyclic) bond motifs is 1. The highest BCUT2D eigenvalue weighted by atomic mass is 19.3. The van der Waals surface area contributed by atoms with Crippen LogP contribution < -0.4 is 0 Å². The van der Waals surface area contributed by atoms with Crippen LogP contribution in [-0.4, -0.2) is 70.6 Å². The molecule has 1 atom stereocenters. The van der Waals surface area contributed by atoms with Crippen molar-refractivity contribution in [2.75, 3.05) is 39.4 Å². The van der Waals surface area contributed by atoms with Crippen LogP contribution in [0.4, 0.5) is 8.78 Å². The number of amides is 1. The van der Waals surface area contributed by atoms with Gasteiger partial charge in [0.2, 0.25) is 5.91 Å². The molecule has 2 saturated heterocycles. The predicted octanol–water partition coefficient (Wildman–Crippen LogP) is 1.92. The van der Waals surface area contributed by atoms with Gasteiger partial charge in [0, 0.05) is 65.0 Å². The van der Waals surface area contributed by atoms with E-state index < -0.39 is 5.92 Å². The molecular weight excluding hydrogens is 342 g/mol. The van der Waals surface area contributed by atoms with Crippen LogP contribution in [0, 0.1) is 5.92 Å². The summed E-state index contributed by atoms with van der Waals surface area (Å²) in [6, 6.07) is -0.368. The number of alkyl halides is 2. The Morgan fingerprint density at radius 3 is 2.73 bits per heavy atom. The summed E-state index contributed by atoms with van der Waals surface area (Å²) in [5.41, 5.74) is 1.02. The van der Waals surface area contributed by atoms with Gasteiger partial charge in [-0.25, -0.2) is 13.8 Å². The van der Waals surface area contributed by atoms with Crippen LogP contribution in [0.3, 0.4) is 0 Å². The molecule has 4 heterocycles. The van der Waals surface area contributed by atoms with Gasteiger partial charge in [-0.05, 0) is 18.8 Å². The van der Waals surface area contributed by atoms with Gasteiger partial charge >= 0.3 is 0 Å². The molecule has 1 aromatic rings. The lowest BCUT2D eigenvalue weighted by Crippen LogP contribution is -2.50. The number of carbonyl (C=O) groups is 1. The van der Waals surface area contributed by atoms with Gasteiger partial charge < -0.3 is 14.2 Å². The summed E-state index contributed by atoms with van der Waals surface area (Å²) in [6.45, 7) is 4.21. The van der Waals surface area contributed by atoms with Crippen molar-refractivity contribution >= 4 is 5.91 Å². The van der Waals surface area contributed by atoms with Gasteiger partial charge in [-0.3, -0.25) is 9.69 Å². The lowest BCUT2D eigenvalue weighted by atomic mass is 9.98. The molecule has 1 unspecified atom stereocenters. The molecule has 0 saturated carbocycles. The number of ether oxygens (including phenoxy) is 1. The van der Waals surface area contributed by atoms with Gasteiger partial charge in [0.25, 0.3) is 5.92 Å². The molecule has 0 N–H and O–H groups in total. The van der Waals surface area contributed by atoms with Gasteiger partial charge in [0.05, 0.1) is 12.0 Å². The highest BCUT2D eigenvalue weighted by Gasteiger charge is 2.39. The molecule has 4 rings (SSSR count). The predicted molar refractivity (Wildman–Crippen MR) is 90.8 cm³/mol. The van der Waals surface area contributed by atoms with E-state index in [2.05, 4.69) is 9.88 Å². The van der Waals surface area contributed by atoms with E-state index in [1.807, 2.05) is 4.57 Å². The summed E-state index contributed by atoms with van der Waals surface area (Å²) in [7, 11) is 0. The van der Waals surface area contributed by atoms with Crippen molar-refractivity contribution in [2.24, 2.45) is 5.92 Å². The lowest BCUT2D eigenvalue weighted by Gasteiger charge is -2.39. The molecule has 1 amide bonds. The first-order valence-corrected chi connectivity index (χ1v) is 9.49. The van der Waals surface area contributed by atoms with Crippen molar-refractivity contribution in [1.82, 2.24) is 19.4 Å². The lowest BCUT2D eigenvalue weighted by molar-refractivity contribution is -0.142. The second-order valence-electron chi connectivity index (χ2n) is 7.74. The molecule has 1 aromatic heterocycles. The maximum absolute atomic E-state index is 13.4. The van der Waals surface area contributed by atoms with E-state index in [0.717, 1.165) is 44.8 Å². The Kier molecular flexibility index (Phi) is 4.96. The van der Waals surface area contributed by atoms with Crippen molar-refractivity contribution in [3.05, 3.63) is 18.2 Å². The third-order valence-electron chi connectivity index (χ3n) is 5.85. The minimum atomic E-state index is -2.64. The molecule has 26 heavy (non-hydrogen) atoms. The van der Waals surface area contributed by atoms with E-state index in [1.165, 1.54) is 0 Å². The average Bonchev–Trinajstić information content (AvgIpc) is 3.10. The van der Waals surface area contributed by atoms with Crippen molar-refractivity contribution < 1.29 is 18.3 Å². The number of nitrogens with zero attached hydrogens (tertiary/aromatic N) is 4. The third kappa shape index (κ3) is 3.76. The van der Waals surface area contributed by atoms with Crippen LogP contribution in [0.1, 0.15) is 37.4 Å². The number of hydrogen-bond donors (Lipinski definition) is 0. The van der Waals surface area contributed by atoms with Gasteiger partial charge in [-0.15, -0.1) is 0 Å². The Hall–Kier alpha value is -1.54. The molecule has 2 fully saturated rings. The van der Waals surface area contributed by atoms with Crippen LogP contribution in [0.5, 0.6) is 0 Å². The fourth-order valence-electron chi connectivity index (χ4n) is 4.26. The van der Waals surface area contributed by atoms with Crippen molar-refractivity contribution in [3.8, 4) is 0 Å². The number of aromatic nitrogens is 2. The number of hydrogen-bond acceptors (Lipinski definition) is 4. The Morgan fingerprint density at radius 1 is 1.27 bits per heavy atom. The number of likely N-dealkylation sites (tertiary alicyclic amines) is 1. The fraction of sp³-hybridized carbons (Fsp3) is 0.778. The average molecular weight is 368 g/mol. The van der Waals surface area contributed by atoms with Crippen LogP contribution in [-0.2, 0) is 16.1 Å². The first kappa shape index (κ1) is 17.9. The molecular formula is C18H26F2N4O2. The van der Waals surface area contributed by atoms with E-state index in [1.54, 1.807) is 17.4 Å². The molecule has 3 aliphatic heterocycles. The molecule has 0 aliphatic carbocycles. The molecule has 0 bridgehead atoms. The van der Waals surface area contributed by atoms with E-state index in [9.17, 15) is 13.6 Å². The number of halogens is 2. The SMILES string of the molecule is O=C(C1CN(CC2CCOCC2)Cc2cncn21)N1CCC(F)(F)CC1. The van der Waals surface area contributed by atoms with Crippen LogP contribution in [0.2, 0.25) is 0 Å². The molecule has 0 spiro atoms. The topological polar surface area (TPSA) is 50.6 Å². The van der Waals surface area contributed by atoms with Gasteiger partial charge in [-0.2, -0.15) is 0 Å². The summed E-state index contributed by atoms with van der Waals surface area (Å²) in [6.07, 6.45) is 5.12. The molecule has 0 radical (unpaired) electrons. The highest BCUT2D eigenvalue weighted by Crippen LogP contribution is 2.31. The van der Waals surface area contributed by atoms with Crippen molar-refractivity contribution in [3.63, 3.8) is 0 Å². The fourth-order valence-corrected chi connectivity index (χ4v) is 4.26.